The van der Waals surface area contributed by atoms with E-state index in [0.717, 1.165) is 13.0 Å². The molecule has 2 rings (SSSR count). The van der Waals surface area contributed by atoms with Crippen LogP contribution in [0.4, 0.5) is 5.69 Å². The molecule has 0 bridgehead atoms. The molecule has 20 heavy (non-hydrogen) atoms. The van der Waals surface area contributed by atoms with E-state index in [-0.39, 0.29) is 5.97 Å². The summed E-state index contributed by atoms with van der Waals surface area (Å²) in [6, 6.07) is 2.22. The van der Waals surface area contributed by atoms with E-state index in [1.54, 1.807) is 12.3 Å². The predicted octanol–water partition coefficient (Wildman–Crippen LogP) is 2.12. The van der Waals surface area contributed by atoms with Crippen molar-refractivity contribution in [2.45, 2.75) is 45.2 Å². The summed E-state index contributed by atoms with van der Waals surface area (Å²) in [5, 5.41) is 0. The number of aromatic nitrogens is 1. The van der Waals surface area contributed by atoms with Crippen molar-refractivity contribution in [2.75, 3.05) is 25.9 Å². The second-order valence-corrected chi connectivity index (χ2v) is 5.50. The van der Waals surface area contributed by atoms with E-state index in [4.69, 9.17) is 10.5 Å². The van der Waals surface area contributed by atoms with Crippen molar-refractivity contribution in [1.29, 1.82) is 0 Å². The van der Waals surface area contributed by atoms with Crippen LogP contribution < -0.4 is 5.73 Å². The van der Waals surface area contributed by atoms with Gasteiger partial charge in [-0.2, -0.15) is 0 Å². The number of hydrogen-bond donors (Lipinski definition) is 1. The number of nitrogens with zero attached hydrogens (tertiary/aromatic N) is 2. The van der Waals surface area contributed by atoms with E-state index in [1.165, 1.54) is 19.3 Å². The van der Waals surface area contributed by atoms with Crippen LogP contribution in [-0.2, 0) is 11.3 Å². The van der Waals surface area contributed by atoms with Crippen molar-refractivity contribution >= 4 is 11.7 Å². The van der Waals surface area contributed by atoms with Crippen LogP contribution in [0, 0.1) is 0 Å². The molecular weight excluding hydrogens is 254 g/mol. The van der Waals surface area contributed by atoms with Gasteiger partial charge in [0.2, 0.25) is 0 Å². The summed E-state index contributed by atoms with van der Waals surface area (Å²) in [6.45, 7) is 4.32. The molecule has 2 heterocycles. The van der Waals surface area contributed by atoms with Crippen LogP contribution in [0.1, 0.15) is 43.1 Å². The average molecular weight is 279 g/mol. The fourth-order valence-corrected chi connectivity index (χ4v) is 2.84. The highest BCUT2D eigenvalue weighted by Crippen LogP contribution is 2.18. The fourth-order valence-electron chi connectivity index (χ4n) is 2.84. The Labute approximate surface area is 120 Å². The Balaban J connectivity index is 1.82. The molecule has 0 saturated carbocycles. The van der Waals surface area contributed by atoms with Gasteiger partial charge in [-0.15, -0.1) is 0 Å². The van der Waals surface area contributed by atoms with Gasteiger partial charge in [-0.25, -0.2) is 4.79 Å². The number of nitrogens with two attached hydrogens (primary N) is 1. The summed E-state index contributed by atoms with van der Waals surface area (Å²) < 4.78 is 7.22. The van der Waals surface area contributed by atoms with E-state index in [2.05, 4.69) is 11.9 Å². The minimum absolute atomic E-state index is 0.276. The number of hydrogen-bond acceptors (Lipinski definition) is 4. The molecule has 0 aromatic carbocycles. The highest BCUT2D eigenvalue weighted by atomic mass is 16.5. The van der Waals surface area contributed by atoms with Crippen molar-refractivity contribution in [3.8, 4) is 0 Å². The van der Waals surface area contributed by atoms with Gasteiger partial charge in [-0.1, -0.05) is 6.42 Å². The first-order chi connectivity index (χ1) is 9.61. The standard InChI is InChI=1S/C15H25N3O2/c1-3-18-11-12(16)10-14(18)15(19)20-9-7-13-6-4-5-8-17(13)2/h10-11,13H,3-9,16H2,1-2H3. The number of ether oxygens (including phenoxy) is 1. The van der Waals surface area contributed by atoms with E-state index >= 15 is 0 Å². The predicted molar refractivity (Wildman–Crippen MR) is 79.7 cm³/mol. The van der Waals surface area contributed by atoms with Crippen molar-refractivity contribution < 1.29 is 9.53 Å². The molecule has 112 valence electrons. The van der Waals surface area contributed by atoms with Crippen LogP contribution >= 0.6 is 0 Å². The van der Waals surface area contributed by atoms with Gasteiger partial charge in [0.05, 0.1) is 12.3 Å². The average Bonchev–Trinajstić information content (AvgIpc) is 2.82. The number of likely N-dealkylation sites (tertiary alicyclic amines) is 1. The number of piperidine rings is 1. The van der Waals surface area contributed by atoms with E-state index in [0.29, 0.717) is 30.6 Å². The number of carbonyl (C=O) groups is 1. The topological polar surface area (TPSA) is 60.5 Å². The lowest BCUT2D eigenvalue weighted by atomic mass is 10.0. The number of anilines is 1. The monoisotopic (exact) mass is 279 g/mol. The second-order valence-electron chi connectivity index (χ2n) is 5.50. The zero-order valence-electron chi connectivity index (χ0n) is 12.5. The lowest BCUT2D eigenvalue weighted by molar-refractivity contribution is 0.0438. The molecule has 1 saturated heterocycles. The molecule has 1 aromatic heterocycles. The Kier molecular flexibility index (Phi) is 5.06. The van der Waals surface area contributed by atoms with Crippen molar-refractivity contribution in [2.24, 2.45) is 0 Å². The van der Waals surface area contributed by atoms with Gasteiger partial charge in [0, 0.05) is 18.8 Å². The fraction of sp³-hybridized carbons (Fsp3) is 0.667. The third kappa shape index (κ3) is 3.54. The largest absolute Gasteiger partial charge is 0.461 e. The Hall–Kier alpha value is -1.49. The summed E-state index contributed by atoms with van der Waals surface area (Å²) in [6.07, 6.45) is 6.43. The molecule has 1 unspecified atom stereocenters. The molecule has 1 atom stereocenters. The maximum absolute atomic E-state index is 12.0. The normalized spacial score (nSPS) is 20.0. The zero-order valence-corrected chi connectivity index (χ0v) is 12.5. The van der Waals surface area contributed by atoms with Crippen molar-refractivity contribution in [3.63, 3.8) is 0 Å². The summed E-state index contributed by atoms with van der Waals surface area (Å²) in [5.41, 5.74) is 6.87. The quantitative estimate of drug-likeness (QED) is 0.839. The lowest BCUT2D eigenvalue weighted by Crippen LogP contribution is -2.37. The number of esters is 1. The molecule has 2 N–H and O–H groups in total. The van der Waals surface area contributed by atoms with Gasteiger partial charge < -0.3 is 19.9 Å². The first-order valence-corrected chi connectivity index (χ1v) is 7.44. The van der Waals surface area contributed by atoms with Crippen molar-refractivity contribution in [3.05, 3.63) is 18.0 Å². The maximum Gasteiger partial charge on any atom is 0.355 e. The molecule has 1 aromatic rings. The molecule has 5 nitrogen and oxygen atoms in total. The SMILES string of the molecule is CCn1cc(N)cc1C(=O)OCCC1CCCCN1C. The summed E-state index contributed by atoms with van der Waals surface area (Å²) >= 11 is 0. The van der Waals surface area contributed by atoms with E-state index < -0.39 is 0 Å². The number of rotatable bonds is 5. The van der Waals surface area contributed by atoms with Gasteiger partial charge in [0.1, 0.15) is 5.69 Å². The summed E-state index contributed by atoms with van der Waals surface area (Å²) in [7, 11) is 2.15. The van der Waals surface area contributed by atoms with Crippen LogP contribution in [0.15, 0.2) is 12.3 Å². The van der Waals surface area contributed by atoms with Gasteiger partial charge in [-0.05, 0) is 45.8 Å². The Morgan fingerprint density at radius 2 is 2.30 bits per heavy atom. The number of carbonyl (C=O) groups excluding carboxylic acids is 1. The van der Waals surface area contributed by atoms with E-state index in [9.17, 15) is 4.79 Å². The molecule has 0 amide bonds. The molecule has 0 aliphatic carbocycles. The molecule has 5 heteroatoms. The van der Waals surface area contributed by atoms with Crippen LogP contribution in [0.5, 0.6) is 0 Å². The first kappa shape index (κ1) is 14.9. The zero-order chi connectivity index (χ0) is 14.5. The molecule has 1 fully saturated rings. The van der Waals surface area contributed by atoms with Crippen LogP contribution in [0.3, 0.4) is 0 Å². The Bertz CT molecular complexity index is 456. The second kappa shape index (κ2) is 6.79. The smallest absolute Gasteiger partial charge is 0.355 e. The van der Waals surface area contributed by atoms with Crippen LogP contribution in [0.2, 0.25) is 0 Å². The third-order valence-corrected chi connectivity index (χ3v) is 4.07. The summed E-state index contributed by atoms with van der Waals surface area (Å²) in [5.74, 6) is -0.276. The Morgan fingerprint density at radius 3 is 3.00 bits per heavy atom. The lowest BCUT2D eigenvalue weighted by Gasteiger charge is -2.32. The molecule has 1 aliphatic rings. The van der Waals surface area contributed by atoms with Crippen molar-refractivity contribution in [1.82, 2.24) is 9.47 Å². The first-order valence-electron chi connectivity index (χ1n) is 7.44. The minimum Gasteiger partial charge on any atom is -0.461 e. The van der Waals surface area contributed by atoms with Crippen LogP contribution in [0.25, 0.3) is 0 Å². The molecular formula is C15H25N3O2. The highest BCUT2D eigenvalue weighted by molar-refractivity contribution is 5.89. The van der Waals surface area contributed by atoms with Gasteiger partial charge in [-0.3, -0.25) is 0 Å². The molecule has 0 radical (unpaired) electrons. The van der Waals surface area contributed by atoms with Gasteiger partial charge in [0.25, 0.3) is 0 Å². The molecule has 1 aliphatic heterocycles. The molecule has 0 spiro atoms. The number of nitrogen functional groups attached to an aromatic ring is 1. The third-order valence-electron chi connectivity index (χ3n) is 4.07. The highest BCUT2D eigenvalue weighted by Gasteiger charge is 2.20. The summed E-state index contributed by atoms with van der Waals surface area (Å²) in [4.78, 5) is 14.4. The minimum atomic E-state index is -0.276. The van der Waals surface area contributed by atoms with Gasteiger partial charge >= 0.3 is 5.97 Å². The van der Waals surface area contributed by atoms with Crippen LogP contribution in [-0.4, -0.2) is 41.7 Å². The van der Waals surface area contributed by atoms with E-state index in [1.807, 2.05) is 11.5 Å². The Morgan fingerprint density at radius 1 is 1.50 bits per heavy atom. The number of aryl methyl sites for hydroxylation is 1. The van der Waals surface area contributed by atoms with Gasteiger partial charge in [0.15, 0.2) is 0 Å². The maximum atomic E-state index is 12.0.